The molecule has 1 aliphatic heterocycles. The van der Waals surface area contributed by atoms with Crippen LogP contribution in [0.3, 0.4) is 0 Å². The SMILES string of the molecule is Cc1ncc(Br)cc1NS(=O)(=O)N1CCOCC1. The zero-order chi connectivity index (χ0) is 13.2. The van der Waals surface area contributed by atoms with Gasteiger partial charge in [0.2, 0.25) is 0 Å². The number of aryl methyl sites for hydroxylation is 1. The maximum atomic E-state index is 12.1. The number of morpholine rings is 1. The number of hydrogen-bond acceptors (Lipinski definition) is 4. The normalized spacial score (nSPS) is 17.7. The van der Waals surface area contributed by atoms with Crippen molar-refractivity contribution in [2.24, 2.45) is 0 Å². The highest BCUT2D eigenvalue weighted by molar-refractivity contribution is 9.10. The van der Waals surface area contributed by atoms with E-state index in [1.165, 1.54) is 4.31 Å². The first-order chi connectivity index (χ1) is 8.49. The molecule has 0 spiro atoms. The Bertz CT molecular complexity index is 529. The van der Waals surface area contributed by atoms with E-state index in [1.54, 1.807) is 19.2 Å². The summed E-state index contributed by atoms with van der Waals surface area (Å²) in [5.74, 6) is 0. The van der Waals surface area contributed by atoms with Gasteiger partial charge in [0.1, 0.15) is 0 Å². The zero-order valence-electron chi connectivity index (χ0n) is 9.89. The van der Waals surface area contributed by atoms with Gasteiger partial charge in [-0.1, -0.05) is 0 Å². The average molecular weight is 336 g/mol. The molecule has 2 rings (SSSR count). The molecule has 0 unspecified atom stereocenters. The Balaban J connectivity index is 2.18. The summed E-state index contributed by atoms with van der Waals surface area (Å²) in [6.07, 6.45) is 1.63. The van der Waals surface area contributed by atoms with E-state index in [0.717, 1.165) is 4.47 Å². The first-order valence-corrected chi connectivity index (χ1v) is 7.70. The van der Waals surface area contributed by atoms with Crippen LogP contribution in [0, 0.1) is 6.92 Å². The van der Waals surface area contributed by atoms with Crippen LogP contribution in [0.1, 0.15) is 5.69 Å². The smallest absolute Gasteiger partial charge is 0.301 e. The van der Waals surface area contributed by atoms with Gasteiger partial charge in [0.15, 0.2) is 0 Å². The van der Waals surface area contributed by atoms with Crippen molar-refractivity contribution in [3.63, 3.8) is 0 Å². The number of ether oxygens (including phenoxy) is 1. The third-order valence-electron chi connectivity index (χ3n) is 2.60. The Hall–Kier alpha value is -0.700. The number of pyridine rings is 1. The topological polar surface area (TPSA) is 71.5 Å². The first kappa shape index (κ1) is 13.7. The second-order valence-corrected chi connectivity index (χ2v) is 6.49. The first-order valence-electron chi connectivity index (χ1n) is 5.47. The lowest BCUT2D eigenvalue weighted by Crippen LogP contribution is -2.43. The molecule has 1 aromatic heterocycles. The van der Waals surface area contributed by atoms with Gasteiger partial charge >= 0.3 is 10.2 Å². The van der Waals surface area contributed by atoms with E-state index >= 15 is 0 Å². The maximum Gasteiger partial charge on any atom is 0.301 e. The highest BCUT2D eigenvalue weighted by Crippen LogP contribution is 2.20. The van der Waals surface area contributed by atoms with E-state index in [1.807, 2.05) is 0 Å². The summed E-state index contributed by atoms with van der Waals surface area (Å²) >= 11 is 3.27. The van der Waals surface area contributed by atoms with Gasteiger partial charge in [0.05, 0.1) is 24.6 Å². The third-order valence-corrected chi connectivity index (χ3v) is 4.56. The van der Waals surface area contributed by atoms with Crippen molar-refractivity contribution < 1.29 is 13.2 Å². The molecule has 1 N–H and O–H groups in total. The molecule has 18 heavy (non-hydrogen) atoms. The van der Waals surface area contributed by atoms with Crippen LogP contribution in [-0.2, 0) is 14.9 Å². The monoisotopic (exact) mass is 335 g/mol. The number of aromatic nitrogens is 1. The van der Waals surface area contributed by atoms with Crippen molar-refractivity contribution in [2.75, 3.05) is 31.0 Å². The predicted molar refractivity (Wildman–Crippen MR) is 71.6 cm³/mol. The fourth-order valence-corrected chi connectivity index (χ4v) is 3.18. The predicted octanol–water partition coefficient (Wildman–Crippen LogP) is 1.14. The Labute approximate surface area is 115 Å². The second kappa shape index (κ2) is 5.52. The van der Waals surface area contributed by atoms with E-state index in [4.69, 9.17) is 4.74 Å². The van der Waals surface area contributed by atoms with Crippen LogP contribution in [0.25, 0.3) is 0 Å². The molecule has 1 aromatic rings. The fourth-order valence-electron chi connectivity index (χ4n) is 1.60. The lowest BCUT2D eigenvalue weighted by atomic mass is 10.3. The van der Waals surface area contributed by atoms with Crippen LogP contribution in [-0.4, -0.2) is 44.0 Å². The van der Waals surface area contributed by atoms with Crippen molar-refractivity contribution in [3.05, 3.63) is 22.4 Å². The maximum absolute atomic E-state index is 12.1. The van der Waals surface area contributed by atoms with Crippen LogP contribution in [0.4, 0.5) is 5.69 Å². The van der Waals surface area contributed by atoms with Crippen LogP contribution in [0.2, 0.25) is 0 Å². The van der Waals surface area contributed by atoms with Gasteiger partial charge in [-0.2, -0.15) is 12.7 Å². The fraction of sp³-hybridized carbons (Fsp3) is 0.500. The zero-order valence-corrected chi connectivity index (χ0v) is 12.3. The van der Waals surface area contributed by atoms with Gasteiger partial charge in [-0.3, -0.25) is 9.71 Å². The molecule has 8 heteroatoms. The molecule has 2 heterocycles. The molecular weight excluding hydrogens is 322 g/mol. The van der Waals surface area contributed by atoms with E-state index in [9.17, 15) is 8.42 Å². The molecule has 1 fully saturated rings. The largest absolute Gasteiger partial charge is 0.379 e. The number of halogens is 1. The highest BCUT2D eigenvalue weighted by Gasteiger charge is 2.24. The number of rotatable bonds is 3. The van der Waals surface area contributed by atoms with Crippen molar-refractivity contribution in [2.45, 2.75) is 6.92 Å². The van der Waals surface area contributed by atoms with E-state index in [2.05, 4.69) is 25.6 Å². The van der Waals surface area contributed by atoms with E-state index < -0.39 is 10.2 Å². The molecule has 0 radical (unpaired) electrons. The standard InChI is InChI=1S/C10H14BrN3O3S/c1-8-10(6-9(11)7-12-8)13-18(15,16)14-2-4-17-5-3-14/h6-7,13H,2-5H2,1H3. The summed E-state index contributed by atoms with van der Waals surface area (Å²) in [6, 6.07) is 1.69. The Kier molecular flexibility index (Phi) is 4.21. The molecular formula is C10H14BrN3O3S. The van der Waals surface area contributed by atoms with Crippen molar-refractivity contribution in [1.29, 1.82) is 0 Å². The minimum Gasteiger partial charge on any atom is -0.379 e. The molecule has 0 aromatic carbocycles. The van der Waals surface area contributed by atoms with Gasteiger partial charge in [-0.05, 0) is 28.9 Å². The Morgan fingerprint density at radius 2 is 2.11 bits per heavy atom. The third kappa shape index (κ3) is 3.19. The number of nitrogens with one attached hydrogen (secondary N) is 1. The lowest BCUT2D eigenvalue weighted by molar-refractivity contribution is 0.0733. The van der Waals surface area contributed by atoms with Crippen molar-refractivity contribution in [3.8, 4) is 0 Å². The second-order valence-electron chi connectivity index (χ2n) is 3.91. The van der Waals surface area contributed by atoms with Gasteiger partial charge in [0.25, 0.3) is 0 Å². The number of anilines is 1. The van der Waals surface area contributed by atoms with Gasteiger partial charge < -0.3 is 4.74 Å². The summed E-state index contributed by atoms with van der Waals surface area (Å²) in [5, 5.41) is 0. The molecule has 0 amide bonds. The summed E-state index contributed by atoms with van der Waals surface area (Å²) in [4.78, 5) is 4.09. The van der Waals surface area contributed by atoms with Crippen molar-refractivity contribution >= 4 is 31.8 Å². The number of hydrogen-bond donors (Lipinski definition) is 1. The van der Waals surface area contributed by atoms with Gasteiger partial charge in [0, 0.05) is 23.8 Å². The summed E-state index contributed by atoms with van der Waals surface area (Å²) in [5.41, 5.74) is 1.12. The molecule has 0 atom stereocenters. The van der Waals surface area contributed by atoms with Gasteiger partial charge in [-0.15, -0.1) is 0 Å². The Morgan fingerprint density at radius 1 is 1.44 bits per heavy atom. The Morgan fingerprint density at radius 3 is 2.78 bits per heavy atom. The molecule has 6 nitrogen and oxygen atoms in total. The van der Waals surface area contributed by atoms with Crippen LogP contribution < -0.4 is 4.72 Å². The van der Waals surface area contributed by atoms with Gasteiger partial charge in [-0.25, -0.2) is 0 Å². The van der Waals surface area contributed by atoms with Crippen molar-refractivity contribution in [1.82, 2.24) is 9.29 Å². The number of nitrogens with zero attached hydrogens (tertiary/aromatic N) is 2. The average Bonchev–Trinajstić information content (AvgIpc) is 2.35. The quantitative estimate of drug-likeness (QED) is 0.899. The lowest BCUT2D eigenvalue weighted by Gasteiger charge is -2.26. The molecule has 100 valence electrons. The molecule has 1 saturated heterocycles. The molecule has 0 bridgehead atoms. The van der Waals surface area contributed by atoms with E-state index in [0.29, 0.717) is 37.7 Å². The minimum absolute atomic E-state index is 0.371. The van der Waals surface area contributed by atoms with E-state index in [-0.39, 0.29) is 0 Å². The van der Waals surface area contributed by atoms with Crippen LogP contribution in [0.15, 0.2) is 16.7 Å². The molecule has 1 aliphatic rings. The molecule has 0 saturated carbocycles. The summed E-state index contributed by atoms with van der Waals surface area (Å²) in [6.45, 7) is 3.35. The molecule has 0 aliphatic carbocycles. The van der Waals surface area contributed by atoms with Crippen LogP contribution in [0.5, 0.6) is 0 Å². The summed E-state index contributed by atoms with van der Waals surface area (Å²) < 4.78 is 34.1. The van der Waals surface area contributed by atoms with Crippen LogP contribution >= 0.6 is 15.9 Å². The summed E-state index contributed by atoms with van der Waals surface area (Å²) in [7, 11) is -3.53. The highest BCUT2D eigenvalue weighted by atomic mass is 79.9. The minimum atomic E-state index is -3.53.